The highest BCUT2D eigenvalue weighted by atomic mass is 32.2. The molecule has 9 nitrogen and oxygen atoms in total. The van der Waals surface area contributed by atoms with Crippen molar-refractivity contribution in [3.63, 3.8) is 0 Å². The molecule has 2 amide bonds. The number of morpholine rings is 1. The molecule has 1 aromatic heterocycles. The molecule has 0 spiro atoms. The molecule has 1 saturated heterocycles. The SMILES string of the molecule is O=C(NC(Cc1ccccc1)C(=O)NCc1ccc(S(=O)(=O)N2CCOCC2)cc1)c1ccco1. The van der Waals surface area contributed by atoms with Crippen molar-refractivity contribution in [3.05, 3.63) is 89.9 Å². The van der Waals surface area contributed by atoms with Gasteiger partial charge >= 0.3 is 0 Å². The van der Waals surface area contributed by atoms with Crippen LogP contribution in [-0.2, 0) is 32.5 Å². The summed E-state index contributed by atoms with van der Waals surface area (Å²) in [7, 11) is -3.58. The number of ether oxygens (including phenoxy) is 1. The summed E-state index contributed by atoms with van der Waals surface area (Å²) < 4.78 is 37.3. The van der Waals surface area contributed by atoms with Gasteiger partial charge in [0.05, 0.1) is 24.4 Å². The van der Waals surface area contributed by atoms with E-state index < -0.39 is 22.0 Å². The summed E-state index contributed by atoms with van der Waals surface area (Å²) in [6.07, 6.45) is 1.69. The molecule has 2 N–H and O–H groups in total. The Kier molecular flexibility index (Phi) is 7.96. The zero-order valence-electron chi connectivity index (χ0n) is 19.1. The standard InChI is InChI=1S/C25H27N3O6S/c29-24(22(17-19-5-2-1-3-6-19)27-25(30)23-7-4-14-34-23)26-18-20-8-10-21(11-9-20)35(31,32)28-12-15-33-16-13-28/h1-11,14,22H,12-13,15-18H2,(H,26,29)(H,27,30). The zero-order chi connectivity index (χ0) is 24.7. The summed E-state index contributed by atoms with van der Waals surface area (Å²) in [5.41, 5.74) is 1.63. The minimum atomic E-state index is -3.58. The van der Waals surface area contributed by atoms with Gasteiger partial charge in [-0.25, -0.2) is 8.42 Å². The molecule has 35 heavy (non-hydrogen) atoms. The lowest BCUT2D eigenvalue weighted by Gasteiger charge is -2.26. The molecule has 184 valence electrons. The van der Waals surface area contributed by atoms with E-state index in [-0.39, 0.29) is 23.1 Å². The summed E-state index contributed by atoms with van der Waals surface area (Å²) in [5.74, 6) is -0.726. The maximum absolute atomic E-state index is 13.0. The molecule has 4 rings (SSSR count). The smallest absolute Gasteiger partial charge is 0.287 e. The highest BCUT2D eigenvalue weighted by Crippen LogP contribution is 2.18. The van der Waals surface area contributed by atoms with E-state index in [9.17, 15) is 18.0 Å². The van der Waals surface area contributed by atoms with Crippen LogP contribution in [0.4, 0.5) is 0 Å². The second-order valence-corrected chi connectivity index (χ2v) is 10.0. The zero-order valence-corrected chi connectivity index (χ0v) is 19.9. The Morgan fingerprint density at radius 1 is 0.914 bits per heavy atom. The number of sulfonamides is 1. The Labute approximate surface area is 204 Å². The second-order valence-electron chi connectivity index (χ2n) is 8.07. The molecular formula is C25H27N3O6S. The predicted molar refractivity (Wildman–Crippen MR) is 128 cm³/mol. The van der Waals surface area contributed by atoms with Crippen molar-refractivity contribution in [2.75, 3.05) is 26.3 Å². The van der Waals surface area contributed by atoms with Crippen LogP contribution in [0.1, 0.15) is 21.7 Å². The molecule has 0 radical (unpaired) electrons. The maximum Gasteiger partial charge on any atom is 0.287 e. The van der Waals surface area contributed by atoms with Crippen LogP contribution in [0.25, 0.3) is 0 Å². The van der Waals surface area contributed by atoms with E-state index in [1.807, 2.05) is 30.3 Å². The van der Waals surface area contributed by atoms with E-state index in [0.717, 1.165) is 11.1 Å². The number of amides is 2. The Morgan fingerprint density at radius 2 is 1.63 bits per heavy atom. The number of furan rings is 1. The summed E-state index contributed by atoms with van der Waals surface area (Å²) in [5, 5.41) is 5.56. The van der Waals surface area contributed by atoms with E-state index >= 15 is 0 Å². The van der Waals surface area contributed by atoms with Gasteiger partial charge in [0, 0.05) is 26.1 Å². The van der Waals surface area contributed by atoms with Crippen LogP contribution < -0.4 is 10.6 Å². The van der Waals surface area contributed by atoms with Crippen molar-refractivity contribution >= 4 is 21.8 Å². The monoisotopic (exact) mass is 497 g/mol. The van der Waals surface area contributed by atoms with Crippen LogP contribution in [0.2, 0.25) is 0 Å². The molecule has 1 aliphatic heterocycles. The minimum Gasteiger partial charge on any atom is -0.459 e. The summed E-state index contributed by atoms with van der Waals surface area (Å²) in [6, 6.07) is 18.1. The lowest BCUT2D eigenvalue weighted by molar-refractivity contribution is -0.123. The molecule has 1 fully saturated rings. The predicted octanol–water partition coefficient (Wildman–Crippen LogP) is 1.96. The van der Waals surface area contributed by atoms with Gasteiger partial charge in [-0.15, -0.1) is 0 Å². The molecular weight excluding hydrogens is 470 g/mol. The third-order valence-electron chi connectivity index (χ3n) is 5.65. The van der Waals surface area contributed by atoms with Gasteiger partial charge in [0.1, 0.15) is 6.04 Å². The van der Waals surface area contributed by atoms with Crippen molar-refractivity contribution in [3.8, 4) is 0 Å². The number of nitrogens with zero attached hydrogens (tertiary/aromatic N) is 1. The van der Waals surface area contributed by atoms with Gasteiger partial charge < -0.3 is 19.8 Å². The summed E-state index contributed by atoms with van der Waals surface area (Å²) in [4.78, 5) is 25.7. The van der Waals surface area contributed by atoms with Gasteiger partial charge in [0.2, 0.25) is 15.9 Å². The largest absolute Gasteiger partial charge is 0.459 e. The molecule has 1 unspecified atom stereocenters. The Bertz CT molecular complexity index is 1220. The third kappa shape index (κ3) is 6.36. The van der Waals surface area contributed by atoms with Crippen molar-refractivity contribution in [2.45, 2.75) is 23.9 Å². The fourth-order valence-electron chi connectivity index (χ4n) is 3.72. The molecule has 10 heteroatoms. The van der Waals surface area contributed by atoms with Crippen LogP contribution in [0.3, 0.4) is 0 Å². The van der Waals surface area contributed by atoms with E-state index in [0.29, 0.717) is 32.7 Å². The molecule has 0 aliphatic carbocycles. The second kappa shape index (κ2) is 11.3. The van der Waals surface area contributed by atoms with Gasteiger partial charge in [0.25, 0.3) is 5.91 Å². The Balaban J connectivity index is 1.40. The van der Waals surface area contributed by atoms with Gasteiger partial charge in [0.15, 0.2) is 5.76 Å². The van der Waals surface area contributed by atoms with E-state index in [2.05, 4.69) is 10.6 Å². The van der Waals surface area contributed by atoms with Crippen LogP contribution in [-0.4, -0.2) is 56.9 Å². The van der Waals surface area contributed by atoms with E-state index in [1.54, 1.807) is 18.2 Å². The number of nitrogens with one attached hydrogen (secondary N) is 2. The first-order valence-electron chi connectivity index (χ1n) is 11.3. The molecule has 1 atom stereocenters. The first-order valence-corrected chi connectivity index (χ1v) is 12.7. The molecule has 2 aromatic carbocycles. The number of hydrogen-bond acceptors (Lipinski definition) is 6. The third-order valence-corrected chi connectivity index (χ3v) is 7.56. The van der Waals surface area contributed by atoms with Gasteiger partial charge in [-0.05, 0) is 35.4 Å². The maximum atomic E-state index is 13.0. The topological polar surface area (TPSA) is 118 Å². The molecule has 0 bridgehead atoms. The Morgan fingerprint density at radius 3 is 2.29 bits per heavy atom. The molecule has 2 heterocycles. The van der Waals surface area contributed by atoms with Gasteiger partial charge in [-0.1, -0.05) is 42.5 Å². The number of hydrogen-bond donors (Lipinski definition) is 2. The Hall–Kier alpha value is -3.47. The fraction of sp³-hybridized carbons (Fsp3) is 0.280. The molecule has 3 aromatic rings. The highest BCUT2D eigenvalue weighted by Gasteiger charge is 2.26. The van der Waals surface area contributed by atoms with Gasteiger partial charge in [-0.3, -0.25) is 9.59 Å². The first kappa shape index (κ1) is 24.6. The number of rotatable bonds is 9. The van der Waals surface area contributed by atoms with Crippen LogP contribution in [0.15, 0.2) is 82.3 Å². The van der Waals surface area contributed by atoms with Crippen molar-refractivity contribution in [1.29, 1.82) is 0 Å². The van der Waals surface area contributed by atoms with E-state index in [1.165, 1.54) is 28.8 Å². The van der Waals surface area contributed by atoms with Crippen LogP contribution >= 0.6 is 0 Å². The highest BCUT2D eigenvalue weighted by molar-refractivity contribution is 7.89. The van der Waals surface area contributed by atoms with Crippen LogP contribution in [0.5, 0.6) is 0 Å². The average molecular weight is 498 g/mol. The minimum absolute atomic E-state index is 0.118. The number of benzene rings is 2. The quantitative estimate of drug-likeness (QED) is 0.467. The number of carbonyl (C=O) groups is 2. The van der Waals surface area contributed by atoms with Crippen molar-refractivity contribution in [1.82, 2.24) is 14.9 Å². The van der Waals surface area contributed by atoms with Crippen molar-refractivity contribution < 1.29 is 27.2 Å². The summed E-state index contributed by atoms with van der Waals surface area (Å²) in [6.45, 7) is 1.59. The van der Waals surface area contributed by atoms with Gasteiger partial charge in [-0.2, -0.15) is 4.31 Å². The van der Waals surface area contributed by atoms with Crippen LogP contribution in [0, 0.1) is 0 Å². The number of carbonyl (C=O) groups excluding carboxylic acids is 2. The molecule has 1 aliphatic rings. The lowest BCUT2D eigenvalue weighted by Crippen LogP contribution is -2.47. The average Bonchev–Trinajstić information content (AvgIpc) is 3.44. The van der Waals surface area contributed by atoms with Crippen molar-refractivity contribution in [2.24, 2.45) is 0 Å². The first-order chi connectivity index (χ1) is 16.9. The van der Waals surface area contributed by atoms with E-state index in [4.69, 9.17) is 9.15 Å². The normalized spacial score (nSPS) is 15.3. The molecule has 0 saturated carbocycles. The summed E-state index contributed by atoms with van der Waals surface area (Å²) >= 11 is 0. The fourth-order valence-corrected chi connectivity index (χ4v) is 5.13. The lowest BCUT2D eigenvalue weighted by atomic mass is 10.0.